The molecule has 0 N–H and O–H groups in total. The van der Waals surface area contributed by atoms with Crippen LogP contribution in [-0.2, 0) is 28.6 Å². The molecule has 0 radical (unpaired) electrons. The van der Waals surface area contributed by atoms with E-state index in [1.807, 2.05) is 54.7 Å². The van der Waals surface area contributed by atoms with E-state index in [2.05, 4.69) is 75.5 Å². The molecule has 0 aromatic heterocycles. The number of carbonyl (C=O) groups is 3. The molecule has 0 aliphatic carbocycles. The minimum Gasteiger partial charge on any atom is -0.462 e. The molecule has 1 atom stereocenters. The van der Waals surface area contributed by atoms with Crippen molar-refractivity contribution in [2.75, 3.05) is 13.2 Å². The first-order valence-electron chi connectivity index (χ1n) is 26.5. The first-order valence-corrected chi connectivity index (χ1v) is 26.5. The zero-order valence-corrected chi connectivity index (χ0v) is 42.0. The van der Waals surface area contributed by atoms with Crippen LogP contribution in [0.15, 0.2) is 109 Å². The van der Waals surface area contributed by atoms with Gasteiger partial charge in [0, 0.05) is 19.3 Å². The van der Waals surface area contributed by atoms with E-state index in [0.717, 1.165) is 77.0 Å². The first kappa shape index (κ1) is 61.1. The van der Waals surface area contributed by atoms with E-state index in [1.165, 1.54) is 103 Å². The molecule has 0 aliphatic heterocycles. The van der Waals surface area contributed by atoms with Crippen LogP contribution in [-0.4, -0.2) is 37.2 Å². The second-order valence-corrected chi connectivity index (χ2v) is 17.3. The smallest absolute Gasteiger partial charge is 0.306 e. The molecule has 6 heteroatoms. The molecule has 65 heavy (non-hydrogen) atoms. The largest absolute Gasteiger partial charge is 0.462 e. The van der Waals surface area contributed by atoms with Gasteiger partial charge in [-0.15, -0.1) is 0 Å². The van der Waals surface area contributed by atoms with Gasteiger partial charge in [-0.3, -0.25) is 14.4 Å². The van der Waals surface area contributed by atoms with Crippen molar-refractivity contribution in [3.05, 3.63) is 109 Å². The predicted molar refractivity (Wildman–Crippen MR) is 279 cm³/mol. The van der Waals surface area contributed by atoms with Gasteiger partial charge in [-0.05, 0) is 57.8 Å². The van der Waals surface area contributed by atoms with Gasteiger partial charge < -0.3 is 14.2 Å². The SMILES string of the molecule is CC/C=C/C=C/C=C/C=C/C=C/CCCC(=O)OCC(COC(=O)CCCCCCC/C=C/C=C/C=C/C=C/CCCCC)OC(=O)CCCCCCCCCCCCCCCCCC. The Labute approximate surface area is 400 Å². The van der Waals surface area contributed by atoms with Crippen molar-refractivity contribution in [1.82, 2.24) is 0 Å². The topological polar surface area (TPSA) is 78.9 Å². The summed E-state index contributed by atoms with van der Waals surface area (Å²) in [5, 5.41) is 0. The van der Waals surface area contributed by atoms with E-state index < -0.39 is 6.10 Å². The van der Waals surface area contributed by atoms with Gasteiger partial charge >= 0.3 is 17.9 Å². The second kappa shape index (κ2) is 52.7. The lowest BCUT2D eigenvalue weighted by Gasteiger charge is -2.18. The van der Waals surface area contributed by atoms with Crippen LogP contribution < -0.4 is 0 Å². The van der Waals surface area contributed by atoms with Gasteiger partial charge in [-0.1, -0.05) is 259 Å². The standard InChI is InChI=1S/C59H96O6/c1-4-7-10-13-16-19-22-25-27-29-30-32-34-37-40-43-46-49-52-58(61)64-55-56(54-63-57(60)51-48-45-42-39-36-33-24-21-18-15-12-9-6-3)65-59(62)53-50-47-44-41-38-35-31-28-26-23-20-17-14-11-8-5-2/h9,12,15-16,18-19,21-22,24-25,27,29-30,32-33,36,39,42,56H,4-8,10-11,13-14,17,20,23,26,28,31,34-35,37-38,40-41,43-55H2,1-3H3/b12-9+,18-15+,19-16+,24-21+,25-22+,29-27+,32-30+,36-33+,42-39+. The Morgan fingerprint density at radius 3 is 1.03 bits per heavy atom. The van der Waals surface area contributed by atoms with Crippen molar-refractivity contribution in [2.24, 2.45) is 0 Å². The van der Waals surface area contributed by atoms with Gasteiger partial charge in [0.1, 0.15) is 13.2 Å². The summed E-state index contributed by atoms with van der Waals surface area (Å²) in [5.41, 5.74) is 0. The fourth-order valence-electron chi connectivity index (χ4n) is 7.01. The third-order valence-electron chi connectivity index (χ3n) is 11.0. The number of esters is 3. The second-order valence-electron chi connectivity index (χ2n) is 17.3. The van der Waals surface area contributed by atoms with E-state index in [-0.39, 0.29) is 37.5 Å². The van der Waals surface area contributed by atoms with Gasteiger partial charge in [-0.25, -0.2) is 0 Å². The highest BCUT2D eigenvalue weighted by molar-refractivity contribution is 5.71. The van der Waals surface area contributed by atoms with Crippen molar-refractivity contribution in [3.8, 4) is 0 Å². The Morgan fingerprint density at radius 1 is 0.323 bits per heavy atom. The molecule has 1 unspecified atom stereocenters. The van der Waals surface area contributed by atoms with E-state index in [4.69, 9.17) is 14.2 Å². The molecule has 0 saturated carbocycles. The molecular weight excluding hydrogens is 805 g/mol. The minimum atomic E-state index is -0.817. The predicted octanol–water partition coefficient (Wildman–Crippen LogP) is 17.5. The normalized spacial score (nSPS) is 13.0. The van der Waals surface area contributed by atoms with Crippen LogP contribution in [0, 0.1) is 0 Å². The number of allylic oxidation sites excluding steroid dienone is 18. The maximum atomic E-state index is 12.8. The van der Waals surface area contributed by atoms with Crippen LogP contribution >= 0.6 is 0 Å². The highest BCUT2D eigenvalue weighted by atomic mass is 16.6. The molecule has 0 saturated heterocycles. The molecule has 0 fully saturated rings. The molecule has 0 heterocycles. The number of ether oxygens (including phenoxy) is 3. The first-order chi connectivity index (χ1) is 32.0. The van der Waals surface area contributed by atoms with Crippen LogP contribution in [0.3, 0.4) is 0 Å². The van der Waals surface area contributed by atoms with Gasteiger partial charge in [-0.2, -0.15) is 0 Å². The summed E-state index contributed by atoms with van der Waals surface area (Å²) < 4.78 is 16.7. The molecular formula is C59H96O6. The number of unbranched alkanes of at least 4 members (excludes halogenated alkanes) is 24. The van der Waals surface area contributed by atoms with Crippen LogP contribution in [0.4, 0.5) is 0 Å². The monoisotopic (exact) mass is 901 g/mol. The average Bonchev–Trinajstić information content (AvgIpc) is 3.30. The number of rotatable bonds is 46. The van der Waals surface area contributed by atoms with Crippen LogP contribution in [0.2, 0.25) is 0 Å². The lowest BCUT2D eigenvalue weighted by atomic mass is 10.0. The summed E-state index contributed by atoms with van der Waals surface area (Å²) in [7, 11) is 0. The maximum absolute atomic E-state index is 12.8. The molecule has 0 aliphatic rings. The van der Waals surface area contributed by atoms with Crippen molar-refractivity contribution < 1.29 is 28.6 Å². The lowest BCUT2D eigenvalue weighted by molar-refractivity contribution is -0.167. The fraction of sp³-hybridized carbons (Fsp3) is 0.644. The number of hydrogen-bond acceptors (Lipinski definition) is 6. The van der Waals surface area contributed by atoms with Crippen molar-refractivity contribution >= 4 is 17.9 Å². The summed E-state index contributed by atoms with van der Waals surface area (Å²) in [4.78, 5) is 38.0. The summed E-state index contributed by atoms with van der Waals surface area (Å²) in [6, 6.07) is 0. The molecule has 368 valence electrons. The Balaban J connectivity index is 4.52. The summed E-state index contributed by atoms with van der Waals surface area (Å²) >= 11 is 0. The highest BCUT2D eigenvalue weighted by Gasteiger charge is 2.19. The molecule has 0 bridgehead atoms. The zero-order chi connectivity index (χ0) is 47.2. The third kappa shape index (κ3) is 50.9. The Bertz CT molecular complexity index is 1360. The van der Waals surface area contributed by atoms with Gasteiger partial charge in [0.15, 0.2) is 6.10 Å². The third-order valence-corrected chi connectivity index (χ3v) is 11.0. The van der Waals surface area contributed by atoms with E-state index in [9.17, 15) is 14.4 Å². The number of hydrogen-bond donors (Lipinski definition) is 0. The summed E-state index contributed by atoms with van der Waals surface area (Å²) in [6.07, 6.45) is 70.8. The molecule has 0 aromatic carbocycles. The van der Waals surface area contributed by atoms with Gasteiger partial charge in [0.25, 0.3) is 0 Å². The zero-order valence-electron chi connectivity index (χ0n) is 42.0. The van der Waals surface area contributed by atoms with Crippen LogP contribution in [0.1, 0.15) is 226 Å². The lowest BCUT2D eigenvalue weighted by Crippen LogP contribution is -2.30. The summed E-state index contributed by atoms with van der Waals surface area (Å²) in [6.45, 7) is 6.37. The Morgan fingerprint density at radius 2 is 0.615 bits per heavy atom. The average molecular weight is 901 g/mol. The minimum absolute atomic E-state index is 0.113. The Hall–Kier alpha value is -3.93. The molecule has 0 aromatic rings. The number of carbonyl (C=O) groups excluding carboxylic acids is 3. The van der Waals surface area contributed by atoms with Crippen molar-refractivity contribution in [1.29, 1.82) is 0 Å². The van der Waals surface area contributed by atoms with E-state index >= 15 is 0 Å². The van der Waals surface area contributed by atoms with Crippen molar-refractivity contribution in [2.45, 2.75) is 232 Å². The summed E-state index contributed by atoms with van der Waals surface area (Å²) in [5.74, 6) is -1.01. The van der Waals surface area contributed by atoms with Crippen LogP contribution in [0.25, 0.3) is 0 Å². The van der Waals surface area contributed by atoms with E-state index in [1.54, 1.807) is 0 Å². The molecule has 0 amide bonds. The van der Waals surface area contributed by atoms with Crippen LogP contribution in [0.5, 0.6) is 0 Å². The molecule has 0 rings (SSSR count). The van der Waals surface area contributed by atoms with Gasteiger partial charge in [0.05, 0.1) is 0 Å². The Kier molecular flexibility index (Phi) is 49.5. The van der Waals surface area contributed by atoms with E-state index in [0.29, 0.717) is 19.3 Å². The van der Waals surface area contributed by atoms with Crippen molar-refractivity contribution in [3.63, 3.8) is 0 Å². The molecule has 0 spiro atoms. The fourth-order valence-corrected chi connectivity index (χ4v) is 7.01. The maximum Gasteiger partial charge on any atom is 0.306 e. The highest BCUT2D eigenvalue weighted by Crippen LogP contribution is 2.15. The van der Waals surface area contributed by atoms with Gasteiger partial charge in [0.2, 0.25) is 0 Å². The molecule has 6 nitrogen and oxygen atoms in total. The quantitative estimate of drug-likeness (QED) is 0.0262.